The molecule has 0 aromatic carbocycles. The van der Waals surface area contributed by atoms with Crippen molar-refractivity contribution >= 4 is 6.29 Å². The number of ether oxygens (including phenoxy) is 1. The molecule has 0 rings (SSSR count). The van der Waals surface area contributed by atoms with Gasteiger partial charge in [0.2, 0.25) is 0 Å². The molecule has 11 heavy (non-hydrogen) atoms. The molecule has 4 heteroatoms. The molecule has 0 bridgehead atoms. The summed E-state index contributed by atoms with van der Waals surface area (Å²) in [6, 6.07) is 0. The summed E-state index contributed by atoms with van der Waals surface area (Å²) in [5.74, 6) is 0. The number of hydrogen-bond donors (Lipinski definition) is 1. The van der Waals surface area contributed by atoms with Crippen LogP contribution >= 0.6 is 0 Å². The molecule has 0 aliphatic carbocycles. The molecular weight excluding hydrogens is 146 g/mol. The van der Waals surface area contributed by atoms with Crippen LogP contribution in [0.15, 0.2) is 0 Å². The third kappa shape index (κ3) is 5.97. The summed E-state index contributed by atoms with van der Waals surface area (Å²) in [4.78, 5) is 11.9. The van der Waals surface area contributed by atoms with Crippen LogP contribution < -0.4 is 0 Å². The SMILES string of the molecule is COCCN(CC=O)CCO. The Morgan fingerprint density at radius 1 is 1.55 bits per heavy atom. The van der Waals surface area contributed by atoms with Crippen LogP contribution in [0.2, 0.25) is 0 Å². The maximum absolute atomic E-state index is 10.1. The summed E-state index contributed by atoms with van der Waals surface area (Å²) in [5, 5.41) is 8.56. The van der Waals surface area contributed by atoms with Crippen molar-refractivity contribution in [2.24, 2.45) is 0 Å². The first-order valence-corrected chi connectivity index (χ1v) is 3.61. The predicted molar refractivity (Wildman–Crippen MR) is 41.5 cm³/mol. The second-order valence-corrected chi connectivity index (χ2v) is 2.18. The van der Waals surface area contributed by atoms with Gasteiger partial charge in [0.1, 0.15) is 6.29 Å². The van der Waals surface area contributed by atoms with Crippen LogP contribution in [0.25, 0.3) is 0 Å². The van der Waals surface area contributed by atoms with E-state index in [1.54, 1.807) is 7.11 Å². The van der Waals surface area contributed by atoms with Crippen LogP contribution in [0.5, 0.6) is 0 Å². The minimum atomic E-state index is 0.0809. The zero-order valence-corrected chi connectivity index (χ0v) is 6.82. The Balaban J connectivity index is 3.41. The number of aliphatic hydroxyl groups is 1. The van der Waals surface area contributed by atoms with E-state index in [1.807, 2.05) is 4.90 Å². The lowest BCUT2D eigenvalue weighted by molar-refractivity contribution is -0.109. The van der Waals surface area contributed by atoms with Crippen molar-refractivity contribution in [3.05, 3.63) is 0 Å². The van der Waals surface area contributed by atoms with Crippen molar-refractivity contribution in [1.82, 2.24) is 4.90 Å². The van der Waals surface area contributed by atoms with Crippen molar-refractivity contribution in [3.63, 3.8) is 0 Å². The maximum atomic E-state index is 10.1. The van der Waals surface area contributed by atoms with Gasteiger partial charge in [-0.3, -0.25) is 4.90 Å². The second kappa shape index (κ2) is 7.65. The number of carbonyl (C=O) groups is 1. The fourth-order valence-electron chi connectivity index (χ4n) is 0.762. The highest BCUT2D eigenvalue weighted by Gasteiger charge is 2.01. The lowest BCUT2D eigenvalue weighted by Gasteiger charge is -2.16. The Morgan fingerprint density at radius 3 is 2.73 bits per heavy atom. The largest absolute Gasteiger partial charge is 0.395 e. The highest BCUT2D eigenvalue weighted by atomic mass is 16.5. The van der Waals surface area contributed by atoms with Crippen molar-refractivity contribution in [3.8, 4) is 0 Å². The molecule has 1 N–H and O–H groups in total. The molecule has 0 unspecified atom stereocenters. The molecule has 0 aliphatic heterocycles. The normalized spacial score (nSPS) is 10.5. The lowest BCUT2D eigenvalue weighted by atomic mass is 10.5. The summed E-state index contributed by atoms with van der Waals surface area (Å²) in [7, 11) is 1.61. The highest BCUT2D eigenvalue weighted by Crippen LogP contribution is 1.84. The van der Waals surface area contributed by atoms with E-state index in [0.29, 0.717) is 26.2 Å². The van der Waals surface area contributed by atoms with Gasteiger partial charge in [0, 0.05) is 20.2 Å². The maximum Gasteiger partial charge on any atom is 0.133 e. The van der Waals surface area contributed by atoms with Gasteiger partial charge in [-0.25, -0.2) is 0 Å². The summed E-state index contributed by atoms with van der Waals surface area (Å²) < 4.78 is 4.83. The number of methoxy groups -OCH3 is 1. The quantitative estimate of drug-likeness (QED) is 0.493. The number of aldehydes is 1. The van der Waals surface area contributed by atoms with Crippen LogP contribution in [-0.2, 0) is 9.53 Å². The number of rotatable bonds is 7. The van der Waals surface area contributed by atoms with Gasteiger partial charge in [-0.2, -0.15) is 0 Å². The number of hydrogen-bond acceptors (Lipinski definition) is 4. The Morgan fingerprint density at radius 2 is 2.27 bits per heavy atom. The van der Waals surface area contributed by atoms with Crippen molar-refractivity contribution in [2.75, 3.05) is 40.0 Å². The van der Waals surface area contributed by atoms with Crippen LogP contribution in [0.3, 0.4) is 0 Å². The van der Waals surface area contributed by atoms with E-state index in [-0.39, 0.29) is 6.61 Å². The van der Waals surface area contributed by atoms with Gasteiger partial charge in [-0.15, -0.1) is 0 Å². The Labute approximate surface area is 66.8 Å². The van der Waals surface area contributed by atoms with E-state index in [0.717, 1.165) is 6.29 Å². The average Bonchev–Trinajstić information content (AvgIpc) is 2.01. The van der Waals surface area contributed by atoms with E-state index in [9.17, 15) is 4.79 Å². The number of nitrogens with zero attached hydrogens (tertiary/aromatic N) is 1. The zero-order valence-electron chi connectivity index (χ0n) is 6.82. The van der Waals surface area contributed by atoms with Crippen molar-refractivity contribution < 1.29 is 14.6 Å². The molecule has 0 spiro atoms. The monoisotopic (exact) mass is 161 g/mol. The summed E-state index contributed by atoms with van der Waals surface area (Å²) >= 11 is 0. The predicted octanol–water partition coefficient (Wildman–Crippen LogP) is -0.874. The Hall–Kier alpha value is -0.450. The van der Waals surface area contributed by atoms with Gasteiger partial charge in [0.25, 0.3) is 0 Å². The summed E-state index contributed by atoms with van der Waals surface area (Å²) in [5.41, 5.74) is 0. The van der Waals surface area contributed by atoms with E-state index < -0.39 is 0 Å². The van der Waals surface area contributed by atoms with E-state index in [1.165, 1.54) is 0 Å². The van der Waals surface area contributed by atoms with Crippen LogP contribution in [-0.4, -0.2) is 56.3 Å². The fraction of sp³-hybridized carbons (Fsp3) is 0.857. The zero-order chi connectivity index (χ0) is 8.53. The molecule has 0 atom stereocenters. The number of aliphatic hydroxyl groups excluding tert-OH is 1. The molecule has 4 nitrogen and oxygen atoms in total. The summed E-state index contributed by atoms with van der Waals surface area (Å²) in [6.07, 6.45) is 0.825. The highest BCUT2D eigenvalue weighted by molar-refractivity contribution is 5.51. The van der Waals surface area contributed by atoms with Gasteiger partial charge in [-0.05, 0) is 0 Å². The van der Waals surface area contributed by atoms with Gasteiger partial charge in [0.15, 0.2) is 0 Å². The smallest absolute Gasteiger partial charge is 0.133 e. The Kier molecular flexibility index (Phi) is 7.34. The Bertz CT molecular complexity index is 97.7. The molecule has 0 aromatic rings. The average molecular weight is 161 g/mol. The molecule has 0 saturated heterocycles. The molecule has 0 heterocycles. The standard InChI is InChI=1S/C7H15NO3/c1-11-7-4-8(2-5-9)3-6-10/h5,10H,2-4,6-7H2,1H3. The topological polar surface area (TPSA) is 49.8 Å². The van der Waals surface area contributed by atoms with Gasteiger partial charge >= 0.3 is 0 Å². The third-order valence-electron chi connectivity index (χ3n) is 1.36. The molecule has 0 radical (unpaired) electrons. The minimum absolute atomic E-state index is 0.0809. The van der Waals surface area contributed by atoms with E-state index in [2.05, 4.69) is 0 Å². The summed E-state index contributed by atoms with van der Waals surface area (Å²) in [6.45, 7) is 2.26. The van der Waals surface area contributed by atoms with Crippen molar-refractivity contribution in [1.29, 1.82) is 0 Å². The molecule has 0 aliphatic rings. The first-order chi connectivity index (χ1) is 5.35. The van der Waals surface area contributed by atoms with Gasteiger partial charge in [-0.1, -0.05) is 0 Å². The minimum Gasteiger partial charge on any atom is -0.395 e. The van der Waals surface area contributed by atoms with E-state index in [4.69, 9.17) is 9.84 Å². The lowest BCUT2D eigenvalue weighted by Crippen LogP contribution is -2.31. The van der Waals surface area contributed by atoms with Crippen LogP contribution in [0.1, 0.15) is 0 Å². The first kappa shape index (κ1) is 10.6. The second-order valence-electron chi connectivity index (χ2n) is 2.18. The molecular formula is C7H15NO3. The first-order valence-electron chi connectivity index (χ1n) is 3.61. The fourth-order valence-corrected chi connectivity index (χ4v) is 0.762. The third-order valence-corrected chi connectivity index (χ3v) is 1.36. The van der Waals surface area contributed by atoms with Crippen molar-refractivity contribution in [2.45, 2.75) is 0 Å². The van der Waals surface area contributed by atoms with Gasteiger partial charge in [0.05, 0.1) is 19.8 Å². The molecule has 0 fully saturated rings. The molecule has 0 saturated carbocycles. The molecule has 0 aromatic heterocycles. The molecule has 66 valence electrons. The van der Waals surface area contributed by atoms with Crippen LogP contribution in [0.4, 0.5) is 0 Å². The van der Waals surface area contributed by atoms with Crippen LogP contribution in [0, 0.1) is 0 Å². The molecule has 0 amide bonds. The van der Waals surface area contributed by atoms with Gasteiger partial charge < -0.3 is 14.6 Å². The van der Waals surface area contributed by atoms with E-state index >= 15 is 0 Å². The number of carbonyl (C=O) groups excluding carboxylic acids is 1.